The number of hydrogen-bond acceptors (Lipinski definition) is 5. The third-order valence-electron chi connectivity index (χ3n) is 5.23. The van der Waals surface area contributed by atoms with Crippen LogP contribution in [-0.4, -0.2) is 58.9 Å². The number of ether oxygens (including phenoxy) is 1. The minimum Gasteiger partial charge on any atom is -0.384 e. The van der Waals surface area contributed by atoms with Crippen LogP contribution in [0.1, 0.15) is 43.0 Å². The lowest BCUT2D eigenvalue weighted by molar-refractivity contribution is -0.122. The van der Waals surface area contributed by atoms with E-state index in [2.05, 4.69) is 55.3 Å². The fraction of sp³-hybridized carbons (Fsp3) is 0.571. The number of aryl methyl sites for hydroxylation is 1. The molecule has 1 atom stereocenters. The second kappa shape index (κ2) is 10.3. The van der Waals surface area contributed by atoms with Gasteiger partial charge in [0.2, 0.25) is 5.91 Å². The first kappa shape index (κ1) is 20.5. The van der Waals surface area contributed by atoms with Crippen LogP contribution in [0.3, 0.4) is 0 Å². The van der Waals surface area contributed by atoms with E-state index in [0.717, 1.165) is 57.1 Å². The second-order valence-electron chi connectivity index (χ2n) is 7.34. The van der Waals surface area contributed by atoms with Crippen molar-refractivity contribution in [3.63, 3.8) is 0 Å². The normalized spacial score (nSPS) is 15.6. The van der Waals surface area contributed by atoms with Gasteiger partial charge in [-0.2, -0.15) is 0 Å². The molecule has 1 aromatic carbocycles. The molecular formula is C21H31N5O2. The van der Waals surface area contributed by atoms with Gasteiger partial charge in [-0.05, 0) is 31.9 Å². The topological polar surface area (TPSA) is 72.3 Å². The molecule has 1 aromatic heterocycles. The standard InChI is InChI=1S/C21H31N5O2/c1-17(22-20(27)11-16-28-2)21-24-23-19-10-13-25(14-15-26(19)21)12-6-9-18-7-4-3-5-8-18/h3-5,7-8,17H,6,9-16H2,1-2H3,(H,22,27)/t17-/m0/s1. The van der Waals surface area contributed by atoms with Gasteiger partial charge >= 0.3 is 0 Å². The van der Waals surface area contributed by atoms with E-state index in [-0.39, 0.29) is 11.9 Å². The van der Waals surface area contributed by atoms with Crippen LogP contribution in [0.25, 0.3) is 0 Å². The first-order chi connectivity index (χ1) is 13.7. The highest BCUT2D eigenvalue weighted by molar-refractivity contribution is 5.76. The van der Waals surface area contributed by atoms with Crippen molar-refractivity contribution in [1.82, 2.24) is 25.0 Å². The highest BCUT2D eigenvalue weighted by atomic mass is 16.5. The molecule has 1 N–H and O–H groups in total. The largest absolute Gasteiger partial charge is 0.384 e. The fourth-order valence-corrected chi connectivity index (χ4v) is 3.66. The number of methoxy groups -OCH3 is 1. The summed E-state index contributed by atoms with van der Waals surface area (Å²) in [6, 6.07) is 10.5. The molecule has 2 heterocycles. The maximum absolute atomic E-state index is 12.0. The number of benzene rings is 1. The van der Waals surface area contributed by atoms with Crippen LogP contribution < -0.4 is 5.32 Å². The van der Waals surface area contributed by atoms with Crippen molar-refractivity contribution in [3.8, 4) is 0 Å². The molecule has 1 aliphatic rings. The Kier molecular flexibility index (Phi) is 7.56. The van der Waals surface area contributed by atoms with E-state index in [4.69, 9.17) is 4.74 Å². The first-order valence-corrected chi connectivity index (χ1v) is 10.1. The van der Waals surface area contributed by atoms with E-state index in [1.54, 1.807) is 7.11 Å². The molecule has 0 spiro atoms. The summed E-state index contributed by atoms with van der Waals surface area (Å²) >= 11 is 0. The predicted molar refractivity (Wildman–Crippen MR) is 108 cm³/mol. The molecule has 7 nitrogen and oxygen atoms in total. The third-order valence-corrected chi connectivity index (χ3v) is 5.23. The Morgan fingerprint density at radius 2 is 2.04 bits per heavy atom. The molecule has 152 valence electrons. The van der Waals surface area contributed by atoms with Gasteiger partial charge in [0.05, 0.1) is 12.6 Å². The highest BCUT2D eigenvalue weighted by Crippen LogP contribution is 2.16. The van der Waals surface area contributed by atoms with Crippen LogP contribution in [0.2, 0.25) is 0 Å². The molecule has 7 heteroatoms. The van der Waals surface area contributed by atoms with Crippen LogP contribution in [0, 0.1) is 0 Å². The van der Waals surface area contributed by atoms with Crippen molar-refractivity contribution in [2.24, 2.45) is 0 Å². The molecule has 0 aliphatic carbocycles. The van der Waals surface area contributed by atoms with Crippen LogP contribution in [0.5, 0.6) is 0 Å². The van der Waals surface area contributed by atoms with Crippen molar-refractivity contribution >= 4 is 5.91 Å². The molecule has 2 aromatic rings. The SMILES string of the molecule is COCCC(=O)N[C@@H](C)c1nnc2n1CCN(CCCc1ccccc1)CC2. The molecule has 0 saturated carbocycles. The number of hydrogen-bond donors (Lipinski definition) is 1. The molecule has 1 aliphatic heterocycles. The van der Waals surface area contributed by atoms with E-state index in [1.165, 1.54) is 5.56 Å². The first-order valence-electron chi connectivity index (χ1n) is 10.1. The summed E-state index contributed by atoms with van der Waals surface area (Å²) in [4.78, 5) is 14.5. The maximum Gasteiger partial charge on any atom is 0.222 e. The molecule has 0 bridgehead atoms. The van der Waals surface area contributed by atoms with Crippen molar-refractivity contribution in [2.75, 3.05) is 33.4 Å². The number of carbonyl (C=O) groups is 1. The van der Waals surface area contributed by atoms with Crippen molar-refractivity contribution in [2.45, 2.75) is 45.2 Å². The van der Waals surface area contributed by atoms with Crippen molar-refractivity contribution < 1.29 is 9.53 Å². The minimum absolute atomic E-state index is 0.0251. The number of nitrogens with one attached hydrogen (secondary N) is 1. The lowest BCUT2D eigenvalue weighted by atomic mass is 10.1. The highest BCUT2D eigenvalue weighted by Gasteiger charge is 2.22. The average molecular weight is 386 g/mol. The van der Waals surface area contributed by atoms with Crippen LogP contribution in [0.4, 0.5) is 0 Å². The molecular weight excluding hydrogens is 354 g/mol. The zero-order chi connectivity index (χ0) is 19.8. The van der Waals surface area contributed by atoms with Crippen LogP contribution in [-0.2, 0) is 28.9 Å². The zero-order valence-corrected chi connectivity index (χ0v) is 16.9. The molecule has 1 amide bonds. The monoisotopic (exact) mass is 385 g/mol. The molecule has 28 heavy (non-hydrogen) atoms. The quantitative estimate of drug-likeness (QED) is 0.715. The van der Waals surface area contributed by atoms with Gasteiger partial charge in [0.15, 0.2) is 5.82 Å². The second-order valence-corrected chi connectivity index (χ2v) is 7.34. The number of nitrogens with zero attached hydrogens (tertiary/aromatic N) is 4. The number of carbonyl (C=O) groups excluding carboxylic acids is 1. The summed E-state index contributed by atoms with van der Waals surface area (Å²) in [6.45, 7) is 6.32. The molecule has 0 unspecified atom stereocenters. The number of rotatable bonds is 9. The Balaban J connectivity index is 1.50. The predicted octanol–water partition coefficient (Wildman–Crippen LogP) is 1.98. The Morgan fingerprint density at radius 1 is 1.21 bits per heavy atom. The Bertz CT molecular complexity index is 747. The van der Waals surface area contributed by atoms with Gasteiger partial charge in [-0.3, -0.25) is 4.79 Å². The van der Waals surface area contributed by atoms with Gasteiger partial charge in [0.25, 0.3) is 0 Å². The van der Waals surface area contributed by atoms with Gasteiger partial charge < -0.3 is 19.5 Å². The number of fused-ring (bicyclic) bond motifs is 1. The van der Waals surface area contributed by atoms with Crippen molar-refractivity contribution in [1.29, 1.82) is 0 Å². The van der Waals surface area contributed by atoms with Gasteiger partial charge in [-0.15, -0.1) is 10.2 Å². The molecule has 3 rings (SSSR count). The Labute approximate surface area is 167 Å². The van der Waals surface area contributed by atoms with Gasteiger partial charge in [0, 0.05) is 39.6 Å². The third kappa shape index (κ3) is 5.62. The number of aromatic nitrogens is 3. The summed E-state index contributed by atoms with van der Waals surface area (Å²) < 4.78 is 7.14. The lowest BCUT2D eigenvalue weighted by Crippen LogP contribution is -2.31. The Hall–Kier alpha value is -2.25. The summed E-state index contributed by atoms with van der Waals surface area (Å²) in [7, 11) is 1.60. The number of amides is 1. The van der Waals surface area contributed by atoms with E-state index >= 15 is 0 Å². The van der Waals surface area contributed by atoms with Gasteiger partial charge in [-0.25, -0.2) is 0 Å². The van der Waals surface area contributed by atoms with Crippen molar-refractivity contribution in [3.05, 3.63) is 47.5 Å². The summed E-state index contributed by atoms with van der Waals surface area (Å²) in [6.07, 6.45) is 3.52. The smallest absolute Gasteiger partial charge is 0.222 e. The molecule has 0 saturated heterocycles. The lowest BCUT2D eigenvalue weighted by Gasteiger charge is -2.20. The van der Waals surface area contributed by atoms with Crippen LogP contribution in [0.15, 0.2) is 30.3 Å². The molecule has 0 radical (unpaired) electrons. The fourth-order valence-electron chi connectivity index (χ4n) is 3.66. The summed E-state index contributed by atoms with van der Waals surface area (Å²) in [5.74, 6) is 1.83. The van der Waals surface area contributed by atoms with E-state index in [1.807, 2.05) is 6.92 Å². The Morgan fingerprint density at radius 3 is 2.82 bits per heavy atom. The van der Waals surface area contributed by atoms with E-state index in [9.17, 15) is 4.79 Å². The maximum atomic E-state index is 12.0. The average Bonchev–Trinajstić information content (AvgIpc) is 3.01. The van der Waals surface area contributed by atoms with Crippen LogP contribution >= 0.6 is 0 Å². The zero-order valence-electron chi connectivity index (χ0n) is 16.9. The van der Waals surface area contributed by atoms with E-state index in [0.29, 0.717) is 13.0 Å². The van der Waals surface area contributed by atoms with Gasteiger partial charge in [0.1, 0.15) is 5.82 Å². The minimum atomic E-state index is -0.157. The summed E-state index contributed by atoms with van der Waals surface area (Å²) in [5, 5.41) is 11.7. The molecule has 0 fully saturated rings. The van der Waals surface area contributed by atoms with Gasteiger partial charge in [-0.1, -0.05) is 30.3 Å². The van der Waals surface area contributed by atoms with E-state index < -0.39 is 0 Å². The summed E-state index contributed by atoms with van der Waals surface area (Å²) in [5.41, 5.74) is 1.40.